The van der Waals surface area contributed by atoms with Crippen LogP contribution in [0.3, 0.4) is 0 Å². The molecule has 0 aliphatic carbocycles. The van der Waals surface area contributed by atoms with Gasteiger partial charge in [-0.1, -0.05) is 13.8 Å². The normalized spacial score (nSPS) is 13.1. The molecule has 0 saturated carbocycles. The first-order valence-corrected chi connectivity index (χ1v) is 7.64. The van der Waals surface area contributed by atoms with E-state index in [2.05, 4.69) is 37.1 Å². The molecule has 1 unspecified atom stereocenters. The van der Waals surface area contributed by atoms with Crippen molar-refractivity contribution in [1.82, 2.24) is 10.2 Å². The van der Waals surface area contributed by atoms with Gasteiger partial charge in [0.25, 0.3) is 0 Å². The van der Waals surface area contributed by atoms with E-state index in [9.17, 15) is 0 Å². The molecule has 0 aliphatic rings. The Morgan fingerprint density at radius 2 is 2.15 bits per heavy atom. The molecule has 116 valence electrons. The molecule has 1 atom stereocenters. The number of hydrogen-bond donors (Lipinski definition) is 1. The van der Waals surface area contributed by atoms with E-state index in [1.165, 1.54) is 5.56 Å². The van der Waals surface area contributed by atoms with Crippen LogP contribution >= 0.6 is 0 Å². The van der Waals surface area contributed by atoms with E-state index >= 15 is 0 Å². The van der Waals surface area contributed by atoms with Crippen LogP contribution in [0.4, 0.5) is 0 Å². The van der Waals surface area contributed by atoms with Gasteiger partial charge in [-0.25, -0.2) is 0 Å². The summed E-state index contributed by atoms with van der Waals surface area (Å²) >= 11 is 0. The van der Waals surface area contributed by atoms with Gasteiger partial charge in [-0.15, -0.1) is 0 Å². The average Bonchev–Trinajstić information content (AvgIpc) is 2.80. The highest BCUT2D eigenvalue weighted by molar-refractivity contribution is 5.20. The topological polar surface area (TPSA) is 37.6 Å². The lowest BCUT2D eigenvalue weighted by Crippen LogP contribution is -2.34. The van der Waals surface area contributed by atoms with Gasteiger partial charge in [0.15, 0.2) is 0 Å². The summed E-state index contributed by atoms with van der Waals surface area (Å²) in [7, 11) is 1.75. The van der Waals surface area contributed by atoms with Crippen molar-refractivity contribution in [2.45, 2.75) is 53.2 Å². The molecule has 1 aromatic rings. The Morgan fingerprint density at radius 1 is 1.40 bits per heavy atom. The summed E-state index contributed by atoms with van der Waals surface area (Å²) in [5.74, 6) is 2.07. The van der Waals surface area contributed by atoms with Gasteiger partial charge >= 0.3 is 0 Å². The molecule has 0 aliphatic heterocycles. The van der Waals surface area contributed by atoms with Crippen molar-refractivity contribution in [2.24, 2.45) is 0 Å². The van der Waals surface area contributed by atoms with Crippen molar-refractivity contribution in [2.75, 3.05) is 26.8 Å². The van der Waals surface area contributed by atoms with Gasteiger partial charge in [0.1, 0.15) is 11.5 Å². The molecule has 20 heavy (non-hydrogen) atoms. The number of methoxy groups -OCH3 is 1. The Hall–Kier alpha value is -0.840. The highest BCUT2D eigenvalue weighted by atomic mass is 16.5. The molecule has 0 bridgehead atoms. The van der Waals surface area contributed by atoms with Crippen LogP contribution in [0.5, 0.6) is 0 Å². The Labute approximate surface area is 123 Å². The fraction of sp³-hybridized carbons (Fsp3) is 0.750. The zero-order chi connectivity index (χ0) is 15.0. The number of ether oxygens (including phenoxy) is 1. The summed E-state index contributed by atoms with van der Waals surface area (Å²) in [5, 5.41) is 3.35. The van der Waals surface area contributed by atoms with E-state index in [1.54, 1.807) is 7.11 Å². The van der Waals surface area contributed by atoms with Crippen LogP contribution < -0.4 is 5.32 Å². The first kappa shape index (κ1) is 17.2. The lowest BCUT2D eigenvalue weighted by Gasteiger charge is -2.27. The van der Waals surface area contributed by atoms with E-state index in [0.717, 1.165) is 50.7 Å². The van der Waals surface area contributed by atoms with Gasteiger partial charge in [-0.2, -0.15) is 0 Å². The van der Waals surface area contributed by atoms with E-state index in [-0.39, 0.29) is 0 Å². The molecule has 0 aromatic carbocycles. The predicted octanol–water partition coefficient (Wildman–Crippen LogP) is 2.94. The van der Waals surface area contributed by atoms with Gasteiger partial charge in [-0.3, -0.25) is 4.90 Å². The molecular weight excluding hydrogens is 252 g/mol. The molecule has 4 heteroatoms. The zero-order valence-corrected chi connectivity index (χ0v) is 13.7. The van der Waals surface area contributed by atoms with Crippen molar-refractivity contribution in [3.63, 3.8) is 0 Å². The molecule has 0 fully saturated rings. The maximum absolute atomic E-state index is 5.89. The van der Waals surface area contributed by atoms with Gasteiger partial charge in [0.05, 0.1) is 13.2 Å². The summed E-state index contributed by atoms with van der Waals surface area (Å²) in [5.41, 5.74) is 1.26. The van der Waals surface area contributed by atoms with Gasteiger partial charge < -0.3 is 14.5 Å². The van der Waals surface area contributed by atoms with E-state index in [4.69, 9.17) is 9.15 Å². The number of aryl methyl sites for hydroxylation is 1. The van der Waals surface area contributed by atoms with Crippen LogP contribution in [0.2, 0.25) is 0 Å². The maximum Gasteiger partial charge on any atom is 0.118 e. The Balaban J connectivity index is 2.67. The van der Waals surface area contributed by atoms with E-state index in [0.29, 0.717) is 6.04 Å². The van der Waals surface area contributed by atoms with Crippen molar-refractivity contribution >= 4 is 0 Å². The molecule has 0 radical (unpaired) electrons. The van der Waals surface area contributed by atoms with Crippen molar-refractivity contribution in [3.05, 3.63) is 23.2 Å². The smallest absolute Gasteiger partial charge is 0.118 e. The predicted molar refractivity (Wildman–Crippen MR) is 82.9 cm³/mol. The second-order valence-electron chi connectivity index (χ2n) is 5.30. The van der Waals surface area contributed by atoms with Gasteiger partial charge in [0.2, 0.25) is 0 Å². The molecule has 1 aromatic heterocycles. The van der Waals surface area contributed by atoms with Crippen LogP contribution in [0.15, 0.2) is 10.5 Å². The number of nitrogens with zero attached hydrogens (tertiary/aromatic N) is 1. The molecule has 1 N–H and O–H groups in total. The van der Waals surface area contributed by atoms with Gasteiger partial charge in [-0.05, 0) is 32.9 Å². The molecular formula is C16H30N2O2. The number of furan rings is 1. The van der Waals surface area contributed by atoms with Crippen LogP contribution in [-0.4, -0.2) is 37.7 Å². The van der Waals surface area contributed by atoms with Crippen LogP contribution in [-0.2, 0) is 17.8 Å². The molecule has 0 amide bonds. The van der Waals surface area contributed by atoms with Crippen molar-refractivity contribution < 1.29 is 9.15 Å². The lowest BCUT2D eigenvalue weighted by atomic mass is 10.2. The Bertz CT molecular complexity index is 377. The first-order valence-electron chi connectivity index (χ1n) is 7.64. The first-order chi connectivity index (χ1) is 9.62. The second-order valence-corrected chi connectivity index (χ2v) is 5.30. The van der Waals surface area contributed by atoms with Crippen LogP contribution in [0.1, 0.15) is 44.3 Å². The summed E-state index contributed by atoms with van der Waals surface area (Å²) in [6.07, 6.45) is 1.13. The number of hydrogen-bond acceptors (Lipinski definition) is 4. The van der Waals surface area contributed by atoms with E-state index < -0.39 is 0 Å². The summed E-state index contributed by atoms with van der Waals surface area (Å²) < 4.78 is 11.1. The number of rotatable bonds is 10. The fourth-order valence-electron chi connectivity index (χ4n) is 2.22. The monoisotopic (exact) mass is 282 g/mol. The van der Waals surface area contributed by atoms with Crippen molar-refractivity contribution in [3.8, 4) is 0 Å². The minimum atomic E-state index is 0.535. The Morgan fingerprint density at radius 3 is 2.75 bits per heavy atom. The Kier molecular flexibility index (Phi) is 7.88. The fourth-order valence-corrected chi connectivity index (χ4v) is 2.22. The second kappa shape index (κ2) is 9.16. The molecule has 1 rings (SSSR count). The minimum absolute atomic E-state index is 0.535. The van der Waals surface area contributed by atoms with Crippen molar-refractivity contribution in [1.29, 1.82) is 0 Å². The maximum atomic E-state index is 5.89. The largest absolute Gasteiger partial charge is 0.465 e. The lowest BCUT2D eigenvalue weighted by molar-refractivity contribution is 0.112. The molecule has 1 heterocycles. The van der Waals surface area contributed by atoms with Gasteiger partial charge in [0, 0.05) is 31.8 Å². The van der Waals surface area contributed by atoms with Crippen LogP contribution in [0.25, 0.3) is 0 Å². The third-order valence-electron chi connectivity index (χ3n) is 3.79. The summed E-state index contributed by atoms with van der Waals surface area (Å²) in [4.78, 5) is 2.42. The zero-order valence-electron chi connectivity index (χ0n) is 13.7. The third kappa shape index (κ3) is 5.27. The summed E-state index contributed by atoms with van der Waals surface area (Å²) in [6.45, 7) is 13.0. The van der Waals surface area contributed by atoms with E-state index in [1.807, 2.05) is 6.92 Å². The van der Waals surface area contributed by atoms with Crippen LogP contribution in [0, 0.1) is 6.92 Å². The third-order valence-corrected chi connectivity index (χ3v) is 3.79. The highest BCUT2D eigenvalue weighted by Crippen LogP contribution is 2.18. The highest BCUT2D eigenvalue weighted by Gasteiger charge is 2.15. The SMILES string of the molecule is CCNCc1cc(CN(CCOC)C(C)CC)oc1C. The average molecular weight is 282 g/mol. The minimum Gasteiger partial charge on any atom is -0.465 e. The standard InChI is InChI=1S/C16H30N2O2/c1-6-13(3)18(8-9-19-5)12-16-10-15(11-17-7-2)14(4)20-16/h10,13,17H,6-9,11-12H2,1-5H3. The summed E-state index contributed by atoms with van der Waals surface area (Å²) in [6, 6.07) is 2.72. The molecule has 0 saturated heterocycles. The quantitative estimate of drug-likeness (QED) is 0.716. The molecule has 4 nitrogen and oxygen atoms in total. The number of nitrogens with one attached hydrogen (secondary N) is 1. The molecule has 0 spiro atoms.